The van der Waals surface area contributed by atoms with E-state index in [0.717, 1.165) is 0 Å². The minimum atomic E-state index is 1.18. The van der Waals surface area contributed by atoms with Crippen LogP contribution < -0.4 is 0 Å². The molecule has 0 spiro atoms. The van der Waals surface area contributed by atoms with Crippen molar-refractivity contribution in [2.45, 2.75) is 6.92 Å². The second-order valence-corrected chi connectivity index (χ2v) is 4.67. The molecule has 1 heteroatoms. The Morgan fingerprint density at radius 2 is 1.63 bits per heavy atom. The molecule has 1 nitrogen and oxygen atoms in total. The molecule has 0 bridgehead atoms. The molecule has 0 amide bonds. The van der Waals surface area contributed by atoms with Crippen LogP contribution in [-0.2, 0) is 0 Å². The first kappa shape index (κ1) is 11.7. The van der Waals surface area contributed by atoms with Gasteiger partial charge in [-0.15, -0.1) is 0 Å². The van der Waals surface area contributed by atoms with Crippen molar-refractivity contribution in [2.75, 3.05) is 0 Å². The zero-order chi connectivity index (χ0) is 13.1. The minimum Gasteiger partial charge on any atom is -0.265 e. The summed E-state index contributed by atoms with van der Waals surface area (Å²) in [5.41, 5.74) is 3.70. The van der Waals surface area contributed by atoms with Crippen LogP contribution in [-0.4, -0.2) is 4.98 Å². The van der Waals surface area contributed by atoms with Crippen molar-refractivity contribution in [3.63, 3.8) is 0 Å². The van der Waals surface area contributed by atoms with Gasteiger partial charge in [0.25, 0.3) is 0 Å². The summed E-state index contributed by atoms with van der Waals surface area (Å²) < 4.78 is 0. The number of nitrogens with zero attached hydrogens (tertiary/aromatic N) is 1. The quantitative estimate of drug-likeness (QED) is 0.632. The van der Waals surface area contributed by atoms with E-state index < -0.39 is 0 Å². The summed E-state index contributed by atoms with van der Waals surface area (Å²) in [6, 6.07) is 19.1. The van der Waals surface area contributed by atoms with Gasteiger partial charge >= 0.3 is 0 Å². The van der Waals surface area contributed by atoms with E-state index in [0.29, 0.717) is 0 Å². The molecule has 2 aromatic carbocycles. The Kier molecular flexibility index (Phi) is 3.11. The SMILES string of the molecule is C/C(=C/c1ccncc1)c1ccc2ccccc2c1. The smallest absolute Gasteiger partial charge is 0.0273 e. The van der Waals surface area contributed by atoms with Gasteiger partial charge in [-0.05, 0) is 52.6 Å². The van der Waals surface area contributed by atoms with Crippen molar-refractivity contribution in [1.82, 2.24) is 4.98 Å². The number of fused-ring (bicyclic) bond motifs is 1. The number of hydrogen-bond acceptors (Lipinski definition) is 1. The largest absolute Gasteiger partial charge is 0.265 e. The van der Waals surface area contributed by atoms with Gasteiger partial charge in [-0.2, -0.15) is 0 Å². The first-order valence-corrected chi connectivity index (χ1v) is 6.40. The number of pyridine rings is 1. The maximum atomic E-state index is 4.04. The van der Waals surface area contributed by atoms with Gasteiger partial charge in [-0.3, -0.25) is 4.98 Å². The van der Waals surface area contributed by atoms with Gasteiger partial charge in [0.2, 0.25) is 0 Å². The highest BCUT2D eigenvalue weighted by Crippen LogP contribution is 2.22. The number of allylic oxidation sites excluding steroid dienone is 1. The molecular weight excluding hydrogens is 230 g/mol. The zero-order valence-corrected chi connectivity index (χ0v) is 10.9. The molecule has 0 N–H and O–H groups in total. The Bertz CT molecular complexity index is 727. The van der Waals surface area contributed by atoms with Gasteiger partial charge < -0.3 is 0 Å². The number of aromatic nitrogens is 1. The molecule has 0 atom stereocenters. The van der Waals surface area contributed by atoms with Crippen molar-refractivity contribution in [2.24, 2.45) is 0 Å². The van der Waals surface area contributed by atoms with Crippen LogP contribution >= 0.6 is 0 Å². The maximum Gasteiger partial charge on any atom is 0.0273 e. The monoisotopic (exact) mass is 245 g/mol. The van der Waals surface area contributed by atoms with Gasteiger partial charge in [0, 0.05) is 12.4 Å². The molecule has 0 aliphatic heterocycles. The van der Waals surface area contributed by atoms with Crippen LogP contribution in [0.15, 0.2) is 67.0 Å². The molecule has 1 heterocycles. The Balaban J connectivity index is 2.02. The predicted molar refractivity (Wildman–Crippen MR) is 81.7 cm³/mol. The molecule has 0 unspecified atom stereocenters. The second-order valence-electron chi connectivity index (χ2n) is 4.67. The Morgan fingerprint density at radius 1 is 0.895 bits per heavy atom. The molecule has 3 rings (SSSR count). The van der Waals surface area contributed by atoms with E-state index >= 15 is 0 Å². The molecule has 19 heavy (non-hydrogen) atoms. The van der Waals surface area contributed by atoms with Crippen LogP contribution in [0.1, 0.15) is 18.1 Å². The highest BCUT2D eigenvalue weighted by atomic mass is 14.6. The summed E-state index contributed by atoms with van der Waals surface area (Å²) in [6.45, 7) is 2.14. The minimum absolute atomic E-state index is 1.18. The Labute approximate surface area is 113 Å². The fourth-order valence-corrected chi connectivity index (χ4v) is 2.23. The summed E-state index contributed by atoms with van der Waals surface area (Å²) in [4.78, 5) is 4.04. The summed E-state index contributed by atoms with van der Waals surface area (Å²) in [6.07, 6.45) is 5.82. The standard InChI is InChI=1S/C18H15N/c1-14(12-15-8-10-19-11-9-15)17-7-6-16-4-2-3-5-18(16)13-17/h2-13H,1H3/b14-12-. The first-order chi connectivity index (χ1) is 9.33. The second kappa shape index (κ2) is 5.07. The molecule has 0 aliphatic carbocycles. The molecular formula is C18H15N. The number of benzene rings is 2. The molecule has 0 saturated carbocycles. The average Bonchev–Trinajstić information content (AvgIpc) is 2.48. The summed E-state index contributed by atoms with van der Waals surface area (Å²) >= 11 is 0. The molecule has 0 saturated heterocycles. The molecule has 0 radical (unpaired) electrons. The molecule has 92 valence electrons. The highest BCUT2D eigenvalue weighted by Gasteiger charge is 1.98. The van der Waals surface area contributed by atoms with E-state index in [-0.39, 0.29) is 0 Å². The van der Waals surface area contributed by atoms with E-state index in [2.05, 4.69) is 60.4 Å². The van der Waals surface area contributed by atoms with E-state index in [9.17, 15) is 0 Å². The topological polar surface area (TPSA) is 12.9 Å². The van der Waals surface area contributed by atoms with Crippen LogP contribution in [0.2, 0.25) is 0 Å². The lowest BCUT2D eigenvalue weighted by atomic mass is 10.0. The predicted octanol–water partition coefficient (Wildman–Crippen LogP) is 4.80. The molecule has 1 aromatic heterocycles. The highest BCUT2D eigenvalue weighted by molar-refractivity contribution is 5.89. The molecule has 0 fully saturated rings. The third-order valence-electron chi connectivity index (χ3n) is 3.29. The third kappa shape index (κ3) is 2.55. The van der Waals surface area contributed by atoms with Gasteiger partial charge in [-0.25, -0.2) is 0 Å². The van der Waals surface area contributed by atoms with Gasteiger partial charge in [0.05, 0.1) is 0 Å². The lowest BCUT2D eigenvalue weighted by Gasteiger charge is -2.04. The van der Waals surface area contributed by atoms with Crippen molar-refractivity contribution in [3.8, 4) is 0 Å². The summed E-state index contributed by atoms with van der Waals surface area (Å²) in [5.74, 6) is 0. The fraction of sp³-hybridized carbons (Fsp3) is 0.0556. The number of hydrogen-bond donors (Lipinski definition) is 0. The van der Waals surface area contributed by atoms with Crippen molar-refractivity contribution >= 4 is 22.4 Å². The molecule has 0 aliphatic rings. The van der Waals surface area contributed by atoms with Gasteiger partial charge in [0.1, 0.15) is 0 Å². The lowest BCUT2D eigenvalue weighted by Crippen LogP contribution is -1.81. The Morgan fingerprint density at radius 3 is 2.42 bits per heavy atom. The molecule has 3 aromatic rings. The van der Waals surface area contributed by atoms with E-state index in [4.69, 9.17) is 0 Å². The van der Waals surface area contributed by atoms with Crippen molar-refractivity contribution in [1.29, 1.82) is 0 Å². The lowest BCUT2D eigenvalue weighted by molar-refractivity contribution is 1.32. The van der Waals surface area contributed by atoms with Gasteiger partial charge in [-0.1, -0.05) is 42.5 Å². The van der Waals surface area contributed by atoms with Crippen molar-refractivity contribution < 1.29 is 0 Å². The van der Waals surface area contributed by atoms with E-state index in [1.807, 2.05) is 24.5 Å². The third-order valence-corrected chi connectivity index (χ3v) is 3.29. The van der Waals surface area contributed by atoms with Crippen LogP contribution in [0.3, 0.4) is 0 Å². The van der Waals surface area contributed by atoms with E-state index in [1.165, 1.54) is 27.5 Å². The van der Waals surface area contributed by atoms with Gasteiger partial charge in [0.15, 0.2) is 0 Å². The Hall–Kier alpha value is -2.41. The van der Waals surface area contributed by atoms with Crippen LogP contribution in [0.5, 0.6) is 0 Å². The first-order valence-electron chi connectivity index (χ1n) is 6.40. The summed E-state index contributed by atoms with van der Waals surface area (Å²) in [7, 11) is 0. The normalized spacial score (nSPS) is 11.7. The van der Waals surface area contributed by atoms with Crippen LogP contribution in [0.25, 0.3) is 22.4 Å². The zero-order valence-electron chi connectivity index (χ0n) is 10.9. The van der Waals surface area contributed by atoms with Crippen molar-refractivity contribution in [3.05, 3.63) is 78.1 Å². The summed E-state index contributed by atoms with van der Waals surface area (Å²) in [5, 5.41) is 2.56. The van der Waals surface area contributed by atoms with Crippen LogP contribution in [0, 0.1) is 0 Å². The average molecular weight is 245 g/mol. The number of rotatable bonds is 2. The fourth-order valence-electron chi connectivity index (χ4n) is 2.23. The maximum absolute atomic E-state index is 4.04. The van der Waals surface area contributed by atoms with Crippen LogP contribution in [0.4, 0.5) is 0 Å². The van der Waals surface area contributed by atoms with E-state index in [1.54, 1.807) is 0 Å².